The maximum Gasteiger partial charge on any atom is 0.255 e. The SMILES string of the molecule is O=C(Nc1ccc(-c2nc3ccccc3[nH]2)cc1)c1cccc(OCc2ccccc2)c1. The van der Waals surface area contributed by atoms with Gasteiger partial charge < -0.3 is 15.0 Å². The molecule has 1 amide bonds. The first-order valence-corrected chi connectivity index (χ1v) is 10.4. The molecule has 2 N–H and O–H groups in total. The van der Waals surface area contributed by atoms with Crippen LogP contribution in [-0.2, 0) is 6.61 Å². The standard InChI is InChI=1S/C27H21N3O2/c31-27(21-9-6-10-23(17-21)32-18-19-7-2-1-3-8-19)28-22-15-13-20(14-16-22)26-29-24-11-4-5-12-25(24)30-26/h1-17H,18H2,(H,28,31)(H,29,30). The van der Waals surface area contributed by atoms with Gasteiger partial charge in [0, 0.05) is 16.8 Å². The van der Waals surface area contributed by atoms with Crippen LogP contribution in [0.2, 0.25) is 0 Å². The fraction of sp³-hybridized carbons (Fsp3) is 0.0370. The molecule has 0 unspecified atom stereocenters. The maximum atomic E-state index is 12.7. The van der Waals surface area contributed by atoms with E-state index in [1.807, 2.05) is 91.0 Å². The zero-order chi connectivity index (χ0) is 21.8. The summed E-state index contributed by atoms with van der Waals surface area (Å²) in [6.45, 7) is 0.454. The number of H-pyrrole nitrogens is 1. The number of carbonyl (C=O) groups excluding carboxylic acids is 1. The second-order valence-corrected chi connectivity index (χ2v) is 7.44. The topological polar surface area (TPSA) is 67.0 Å². The van der Waals surface area contributed by atoms with Gasteiger partial charge in [0.1, 0.15) is 18.2 Å². The Bertz CT molecular complexity index is 1330. The Kier molecular flexibility index (Phi) is 5.37. The minimum Gasteiger partial charge on any atom is -0.489 e. The van der Waals surface area contributed by atoms with E-state index in [-0.39, 0.29) is 5.91 Å². The molecule has 0 aliphatic carbocycles. The number of aromatic nitrogens is 2. The number of rotatable bonds is 6. The summed E-state index contributed by atoms with van der Waals surface area (Å²) in [5, 5.41) is 2.94. The van der Waals surface area contributed by atoms with Gasteiger partial charge >= 0.3 is 0 Å². The molecule has 0 bridgehead atoms. The van der Waals surface area contributed by atoms with E-state index in [4.69, 9.17) is 4.74 Å². The Morgan fingerprint density at radius 2 is 1.62 bits per heavy atom. The van der Waals surface area contributed by atoms with Crippen LogP contribution in [0, 0.1) is 0 Å². The second kappa shape index (κ2) is 8.78. The van der Waals surface area contributed by atoms with Crippen LogP contribution in [0.25, 0.3) is 22.4 Å². The van der Waals surface area contributed by atoms with E-state index < -0.39 is 0 Å². The molecule has 0 aliphatic heterocycles. The lowest BCUT2D eigenvalue weighted by molar-refractivity contribution is 0.102. The van der Waals surface area contributed by atoms with Crippen LogP contribution < -0.4 is 10.1 Å². The molecular weight excluding hydrogens is 398 g/mol. The van der Waals surface area contributed by atoms with E-state index in [1.54, 1.807) is 12.1 Å². The molecule has 5 rings (SSSR count). The third kappa shape index (κ3) is 4.37. The van der Waals surface area contributed by atoms with Gasteiger partial charge in [-0.05, 0) is 60.2 Å². The third-order valence-electron chi connectivity index (χ3n) is 5.15. The van der Waals surface area contributed by atoms with Gasteiger partial charge in [0.05, 0.1) is 11.0 Å². The number of anilines is 1. The van der Waals surface area contributed by atoms with Crippen molar-refractivity contribution in [2.75, 3.05) is 5.32 Å². The summed E-state index contributed by atoms with van der Waals surface area (Å²) in [7, 11) is 0. The predicted molar refractivity (Wildman–Crippen MR) is 127 cm³/mol. The van der Waals surface area contributed by atoms with Crippen molar-refractivity contribution in [3.05, 3.63) is 114 Å². The molecule has 0 fully saturated rings. The molecule has 0 radical (unpaired) electrons. The van der Waals surface area contributed by atoms with Crippen molar-refractivity contribution < 1.29 is 9.53 Å². The number of fused-ring (bicyclic) bond motifs is 1. The molecule has 1 heterocycles. The van der Waals surface area contributed by atoms with E-state index in [9.17, 15) is 4.79 Å². The molecule has 0 spiro atoms. The normalized spacial score (nSPS) is 10.8. The fourth-order valence-corrected chi connectivity index (χ4v) is 3.47. The van der Waals surface area contributed by atoms with Gasteiger partial charge in [0.2, 0.25) is 0 Å². The molecule has 5 heteroatoms. The number of ether oxygens (including phenoxy) is 1. The van der Waals surface area contributed by atoms with Gasteiger partial charge in [0.15, 0.2) is 0 Å². The highest BCUT2D eigenvalue weighted by atomic mass is 16.5. The molecule has 5 nitrogen and oxygen atoms in total. The number of aromatic amines is 1. The molecule has 4 aromatic carbocycles. The first kappa shape index (κ1) is 19.6. The highest BCUT2D eigenvalue weighted by Gasteiger charge is 2.09. The van der Waals surface area contributed by atoms with E-state index in [1.165, 1.54) is 0 Å². The van der Waals surface area contributed by atoms with Crippen LogP contribution in [-0.4, -0.2) is 15.9 Å². The minimum absolute atomic E-state index is 0.188. The smallest absolute Gasteiger partial charge is 0.255 e. The van der Waals surface area contributed by atoms with Crippen LogP contribution in [0.1, 0.15) is 15.9 Å². The quantitative estimate of drug-likeness (QED) is 0.351. The van der Waals surface area contributed by atoms with E-state index >= 15 is 0 Å². The lowest BCUT2D eigenvalue weighted by Gasteiger charge is -2.09. The predicted octanol–water partition coefficient (Wildman–Crippen LogP) is 6.06. The third-order valence-corrected chi connectivity index (χ3v) is 5.15. The Morgan fingerprint density at radius 1 is 0.844 bits per heavy atom. The Morgan fingerprint density at radius 3 is 2.44 bits per heavy atom. The highest BCUT2D eigenvalue weighted by molar-refractivity contribution is 6.04. The lowest BCUT2D eigenvalue weighted by Crippen LogP contribution is -2.12. The molecule has 0 saturated carbocycles. The number of nitrogens with one attached hydrogen (secondary N) is 2. The van der Waals surface area contributed by atoms with Crippen molar-refractivity contribution in [3.63, 3.8) is 0 Å². The number of carbonyl (C=O) groups is 1. The number of nitrogens with zero attached hydrogens (tertiary/aromatic N) is 1. The summed E-state index contributed by atoms with van der Waals surface area (Å²) in [4.78, 5) is 20.7. The molecule has 5 aromatic rings. The number of para-hydroxylation sites is 2. The number of imidazole rings is 1. The van der Waals surface area contributed by atoms with Crippen LogP contribution in [0.4, 0.5) is 5.69 Å². The fourth-order valence-electron chi connectivity index (χ4n) is 3.47. The van der Waals surface area contributed by atoms with Crippen LogP contribution in [0.3, 0.4) is 0 Å². The van der Waals surface area contributed by atoms with Crippen molar-refractivity contribution >= 4 is 22.6 Å². The maximum absolute atomic E-state index is 12.7. The van der Waals surface area contributed by atoms with Crippen molar-refractivity contribution in [1.82, 2.24) is 9.97 Å². The zero-order valence-electron chi connectivity index (χ0n) is 17.3. The van der Waals surface area contributed by atoms with Gasteiger partial charge in [-0.3, -0.25) is 4.79 Å². The summed E-state index contributed by atoms with van der Waals surface area (Å²) in [6, 6.07) is 32.7. The second-order valence-electron chi connectivity index (χ2n) is 7.44. The average molecular weight is 419 g/mol. The summed E-state index contributed by atoms with van der Waals surface area (Å²) < 4.78 is 5.83. The van der Waals surface area contributed by atoms with Gasteiger partial charge in [-0.2, -0.15) is 0 Å². The first-order chi connectivity index (χ1) is 15.7. The largest absolute Gasteiger partial charge is 0.489 e. The lowest BCUT2D eigenvalue weighted by atomic mass is 10.1. The number of amides is 1. The van der Waals surface area contributed by atoms with E-state index in [0.29, 0.717) is 23.6 Å². The van der Waals surface area contributed by atoms with Crippen LogP contribution in [0.15, 0.2) is 103 Å². The number of hydrogen-bond donors (Lipinski definition) is 2. The van der Waals surface area contributed by atoms with Gasteiger partial charge in [-0.15, -0.1) is 0 Å². The average Bonchev–Trinajstić information content (AvgIpc) is 3.28. The van der Waals surface area contributed by atoms with Crippen LogP contribution in [0.5, 0.6) is 5.75 Å². The molecule has 0 atom stereocenters. The Hall–Kier alpha value is -4.38. The van der Waals surface area contributed by atoms with E-state index in [0.717, 1.165) is 28.0 Å². The van der Waals surface area contributed by atoms with Gasteiger partial charge in [-0.25, -0.2) is 4.98 Å². The summed E-state index contributed by atoms with van der Waals surface area (Å²) in [5.74, 6) is 1.26. The summed E-state index contributed by atoms with van der Waals surface area (Å²) in [5.41, 5.74) is 5.20. The van der Waals surface area contributed by atoms with E-state index in [2.05, 4.69) is 15.3 Å². The molecule has 0 saturated heterocycles. The van der Waals surface area contributed by atoms with Gasteiger partial charge in [0.25, 0.3) is 5.91 Å². The minimum atomic E-state index is -0.188. The monoisotopic (exact) mass is 419 g/mol. The highest BCUT2D eigenvalue weighted by Crippen LogP contribution is 2.23. The number of benzene rings is 4. The number of hydrogen-bond acceptors (Lipinski definition) is 3. The van der Waals surface area contributed by atoms with Crippen molar-refractivity contribution in [1.29, 1.82) is 0 Å². The summed E-state index contributed by atoms with van der Waals surface area (Å²) >= 11 is 0. The van der Waals surface area contributed by atoms with Crippen LogP contribution >= 0.6 is 0 Å². The Balaban J connectivity index is 1.25. The first-order valence-electron chi connectivity index (χ1n) is 10.4. The zero-order valence-corrected chi connectivity index (χ0v) is 17.3. The molecule has 1 aromatic heterocycles. The van der Waals surface area contributed by atoms with Crippen molar-refractivity contribution in [2.24, 2.45) is 0 Å². The summed E-state index contributed by atoms with van der Waals surface area (Å²) in [6.07, 6.45) is 0. The van der Waals surface area contributed by atoms with Gasteiger partial charge in [-0.1, -0.05) is 48.5 Å². The molecule has 0 aliphatic rings. The molecule has 32 heavy (non-hydrogen) atoms. The molecule has 156 valence electrons. The Labute approximate surface area is 185 Å². The molecular formula is C27H21N3O2. The van der Waals surface area contributed by atoms with Crippen molar-refractivity contribution in [2.45, 2.75) is 6.61 Å². The van der Waals surface area contributed by atoms with Crippen molar-refractivity contribution in [3.8, 4) is 17.1 Å².